The third-order valence-corrected chi connectivity index (χ3v) is 5.08. The van der Waals surface area contributed by atoms with Gasteiger partial charge in [0.2, 0.25) is 5.91 Å². The van der Waals surface area contributed by atoms with Crippen molar-refractivity contribution in [3.63, 3.8) is 0 Å². The van der Waals surface area contributed by atoms with Crippen LogP contribution in [0.15, 0.2) is 0 Å². The van der Waals surface area contributed by atoms with Gasteiger partial charge >= 0.3 is 6.03 Å². The largest absolute Gasteiger partial charge is 0.356 e. The average molecular weight is 338 g/mol. The number of piperidine rings is 1. The molecule has 138 valence electrons. The molecule has 3 amide bonds. The summed E-state index contributed by atoms with van der Waals surface area (Å²) < 4.78 is 0. The molecule has 1 atom stereocenters. The van der Waals surface area contributed by atoms with Crippen LogP contribution in [0.4, 0.5) is 4.79 Å². The Morgan fingerprint density at radius 3 is 2.54 bits per heavy atom. The Kier molecular flexibility index (Phi) is 8.95. The van der Waals surface area contributed by atoms with Crippen LogP contribution in [-0.4, -0.2) is 44.2 Å². The minimum absolute atomic E-state index is 0.0906. The van der Waals surface area contributed by atoms with Gasteiger partial charge in [-0.05, 0) is 57.5 Å². The first-order valence-electron chi connectivity index (χ1n) is 9.76. The molecule has 2 fully saturated rings. The Labute approximate surface area is 145 Å². The van der Waals surface area contributed by atoms with Gasteiger partial charge < -0.3 is 21.3 Å². The van der Waals surface area contributed by atoms with E-state index in [1.807, 2.05) is 0 Å². The molecule has 0 spiro atoms. The second-order valence-corrected chi connectivity index (χ2v) is 7.19. The van der Waals surface area contributed by atoms with E-state index >= 15 is 0 Å². The van der Waals surface area contributed by atoms with E-state index in [-0.39, 0.29) is 11.9 Å². The first-order chi connectivity index (χ1) is 11.7. The van der Waals surface area contributed by atoms with Crippen LogP contribution in [0, 0.1) is 5.92 Å². The molecule has 1 unspecified atom stereocenters. The summed E-state index contributed by atoms with van der Waals surface area (Å²) in [6.45, 7) is 3.53. The highest BCUT2D eigenvalue weighted by molar-refractivity contribution is 5.76. The molecular weight excluding hydrogens is 304 g/mol. The Morgan fingerprint density at radius 2 is 1.79 bits per heavy atom. The van der Waals surface area contributed by atoms with E-state index in [1.165, 1.54) is 32.1 Å². The number of nitrogens with one attached hydrogen (secondary N) is 4. The predicted molar refractivity (Wildman–Crippen MR) is 95.9 cm³/mol. The Morgan fingerprint density at radius 1 is 0.958 bits per heavy atom. The molecule has 0 aromatic heterocycles. The maximum atomic E-state index is 11.8. The van der Waals surface area contributed by atoms with Crippen LogP contribution in [0.25, 0.3) is 0 Å². The van der Waals surface area contributed by atoms with Crippen LogP contribution in [0.5, 0.6) is 0 Å². The molecule has 1 saturated carbocycles. The molecule has 2 rings (SSSR count). The first-order valence-corrected chi connectivity index (χ1v) is 9.76. The zero-order chi connectivity index (χ0) is 17.0. The molecule has 0 radical (unpaired) electrons. The smallest absolute Gasteiger partial charge is 0.315 e. The standard InChI is InChI=1S/C18H34N4O2/c23-17(20-13-10-15-6-4-11-19-14-15)9-5-12-21-18(24)22-16-7-2-1-3-8-16/h15-16,19H,1-14H2,(H,20,23)(H2,21,22,24). The highest BCUT2D eigenvalue weighted by Gasteiger charge is 2.15. The minimum atomic E-state index is -0.0906. The fourth-order valence-corrected chi connectivity index (χ4v) is 3.61. The van der Waals surface area contributed by atoms with Crippen molar-refractivity contribution in [3.8, 4) is 0 Å². The van der Waals surface area contributed by atoms with Crippen molar-refractivity contribution in [1.82, 2.24) is 21.3 Å². The fourth-order valence-electron chi connectivity index (χ4n) is 3.61. The number of carbonyl (C=O) groups is 2. The maximum absolute atomic E-state index is 11.8. The highest BCUT2D eigenvalue weighted by atomic mass is 16.2. The van der Waals surface area contributed by atoms with Crippen LogP contribution in [0.3, 0.4) is 0 Å². The second-order valence-electron chi connectivity index (χ2n) is 7.19. The molecule has 1 aliphatic heterocycles. The van der Waals surface area contributed by atoms with Gasteiger partial charge in [0.05, 0.1) is 0 Å². The van der Waals surface area contributed by atoms with Gasteiger partial charge in [0.1, 0.15) is 0 Å². The van der Waals surface area contributed by atoms with E-state index in [0.717, 1.165) is 38.9 Å². The fraction of sp³-hybridized carbons (Fsp3) is 0.889. The number of hydrogen-bond acceptors (Lipinski definition) is 3. The monoisotopic (exact) mass is 338 g/mol. The zero-order valence-corrected chi connectivity index (χ0v) is 14.9. The van der Waals surface area contributed by atoms with Gasteiger partial charge in [0, 0.05) is 25.6 Å². The van der Waals surface area contributed by atoms with Crippen molar-refractivity contribution < 1.29 is 9.59 Å². The van der Waals surface area contributed by atoms with Gasteiger partial charge in [-0.3, -0.25) is 4.79 Å². The summed E-state index contributed by atoms with van der Waals surface area (Å²) in [4.78, 5) is 23.6. The summed E-state index contributed by atoms with van der Waals surface area (Å²) >= 11 is 0. The molecule has 2 aliphatic rings. The van der Waals surface area contributed by atoms with E-state index < -0.39 is 0 Å². The lowest BCUT2D eigenvalue weighted by atomic mass is 9.96. The van der Waals surface area contributed by atoms with Crippen LogP contribution in [0.2, 0.25) is 0 Å². The van der Waals surface area contributed by atoms with Gasteiger partial charge in [0.15, 0.2) is 0 Å². The summed E-state index contributed by atoms with van der Waals surface area (Å²) in [7, 11) is 0. The summed E-state index contributed by atoms with van der Waals surface area (Å²) in [6, 6.07) is 0.239. The molecule has 0 bridgehead atoms. The van der Waals surface area contributed by atoms with E-state index in [2.05, 4.69) is 21.3 Å². The lowest BCUT2D eigenvalue weighted by Crippen LogP contribution is -2.43. The average Bonchev–Trinajstić information content (AvgIpc) is 2.60. The molecule has 1 aliphatic carbocycles. The van der Waals surface area contributed by atoms with E-state index in [1.54, 1.807) is 0 Å². The summed E-state index contributed by atoms with van der Waals surface area (Å²) in [5.74, 6) is 0.789. The van der Waals surface area contributed by atoms with E-state index in [9.17, 15) is 9.59 Å². The van der Waals surface area contributed by atoms with E-state index in [0.29, 0.717) is 31.3 Å². The van der Waals surface area contributed by atoms with Crippen molar-refractivity contribution in [3.05, 3.63) is 0 Å². The lowest BCUT2D eigenvalue weighted by molar-refractivity contribution is -0.121. The Balaban J connectivity index is 1.43. The summed E-state index contributed by atoms with van der Waals surface area (Å²) in [6.07, 6.45) is 10.6. The summed E-state index contributed by atoms with van der Waals surface area (Å²) in [5.41, 5.74) is 0. The van der Waals surface area contributed by atoms with Crippen LogP contribution < -0.4 is 21.3 Å². The first kappa shape index (κ1) is 19.0. The van der Waals surface area contributed by atoms with Gasteiger partial charge in [-0.2, -0.15) is 0 Å². The van der Waals surface area contributed by atoms with Crippen LogP contribution in [0.1, 0.15) is 64.2 Å². The lowest BCUT2D eigenvalue weighted by Gasteiger charge is -2.23. The van der Waals surface area contributed by atoms with Crippen molar-refractivity contribution in [2.45, 2.75) is 70.3 Å². The van der Waals surface area contributed by atoms with Gasteiger partial charge in [0.25, 0.3) is 0 Å². The van der Waals surface area contributed by atoms with Gasteiger partial charge in [-0.1, -0.05) is 19.3 Å². The molecule has 6 nitrogen and oxygen atoms in total. The van der Waals surface area contributed by atoms with Crippen molar-refractivity contribution in [1.29, 1.82) is 0 Å². The highest BCUT2D eigenvalue weighted by Crippen LogP contribution is 2.17. The number of rotatable bonds is 8. The van der Waals surface area contributed by atoms with Crippen molar-refractivity contribution >= 4 is 11.9 Å². The number of amides is 3. The topological polar surface area (TPSA) is 82.3 Å². The molecule has 1 heterocycles. The molecular formula is C18H34N4O2. The minimum Gasteiger partial charge on any atom is -0.356 e. The van der Waals surface area contributed by atoms with Crippen LogP contribution in [-0.2, 0) is 4.79 Å². The predicted octanol–water partition coefficient (Wildman–Crippen LogP) is 1.90. The Bertz CT molecular complexity index is 377. The Hall–Kier alpha value is -1.30. The zero-order valence-electron chi connectivity index (χ0n) is 14.9. The molecule has 0 aromatic carbocycles. The third kappa shape index (κ3) is 7.99. The molecule has 1 saturated heterocycles. The SMILES string of the molecule is O=C(CCCNC(=O)NC1CCCCC1)NCCC1CCCNC1. The molecule has 0 aromatic rings. The second kappa shape index (κ2) is 11.3. The number of carbonyl (C=O) groups excluding carboxylic acids is 2. The number of urea groups is 1. The molecule has 24 heavy (non-hydrogen) atoms. The van der Waals surface area contributed by atoms with Gasteiger partial charge in [-0.25, -0.2) is 4.79 Å². The van der Waals surface area contributed by atoms with E-state index in [4.69, 9.17) is 0 Å². The summed E-state index contributed by atoms with van der Waals surface area (Å²) in [5, 5.41) is 12.3. The van der Waals surface area contributed by atoms with Crippen LogP contribution >= 0.6 is 0 Å². The van der Waals surface area contributed by atoms with Crippen molar-refractivity contribution in [2.24, 2.45) is 5.92 Å². The quantitative estimate of drug-likeness (QED) is 0.510. The molecule has 6 heteroatoms. The number of hydrogen-bond donors (Lipinski definition) is 4. The third-order valence-electron chi connectivity index (χ3n) is 5.08. The molecule has 4 N–H and O–H groups in total. The maximum Gasteiger partial charge on any atom is 0.315 e. The van der Waals surface area contributed by atoms with Crippen molar-refractivity contribution in [2.75, 3.05) is 26.2 Å². The van der Waals surface area contributed by atoms with Gasteiger partial charge in [-0.15, -0.1) is 0 Å². The normalized spacial score (nSPS) is 21.9.